The number of carbonyl (C=O) groups is 1. The van der Waals surface area contributed by atoms with Crippen LogP contribution in [-0.2, 0) is 19.4 Å². The molecule has 1 heterocycles. The van der Waals surface area contributed by atoms with Crippen molar-refractivity contribution in [1.82, 2.24) is 10.3 Å². The second kappa shape index (κ2) is 7.42. The van der Waals surface area contributed by atoms with Gasteiger partial charge in [-0.05, 0) is 55.0 Å². The number of nitrogens with zero attached hydrogens (tertiary/aromatic N) is 1. The first kappa shape index (κ1) is 17.1. The molecule has 132 valence electrons. The van der Waals surface area contributed by atoms with Crippen LogP contribution in [0.4, 0.5) is 10.6 Å². The average Bonchev–Trinajstić information content (AvgIpc) is 3.08. The van der Waals surface area contributed by atoms with Crippen LogP contribution in [0.2, 0.25) is 0 Å². The lowest BCUT2D eigenvalue weighted by Crippen LogP contribution is -2.29. The lowest BCUT2D eigenvalue weighted by Gasteiger charge is -2.15. The smallest absolute Gasteiger partial charge is 0.320 e. The second-order valence-corrected chi connectivity index (χ2v) is 6.05. The van der Waals surface area contributed by atoms with E-state index < -0.39 is 0 Å². The number of anilines is 1. The number of hydrogen-bond acceptors (Lipinski definition) is 4. The first-order chi connectivity index (χ1) is 12.1. The van der Waals surface area contributed by atoms with Crippen LogP contribution in [0.1, 0.15) is 28.8 Å². The van der Waals surface area contributed by atoms with E-state index in [0.717, 1.165) is 36.1 Å². The SMILES string of the molecule is COc1ccc(CNC(=O)Nc2ccc3c(n2)CCC3)c(C)c1OC. The zero-order chi connectivity index (χ0) is 17.8. The molecule has 0 fully saturated rings. The Hall–Kier alpha value is -2.76. The van der Waals surface area contributed by atoms with Crippen LogP contribution >= 0.6 is 0 Å². The topological polar surface area (TPSA) is 72.5 Å². The van der Waals surface area contributed by atoms with E-state index in [-0.39, 0.29) is 6.03 Å². The highest BCUT2D eigenvalue weighted by Crippen LogP contribution is 2.32. The number of aromatic nitrogens is 1. The molecule has 0 spiro atoms. The molecule has 1 aromatic heterocycles. The van der Waals surface area contributed by atoms with Crippen molar-refractivity contribution in [2.24, 2.45) is 0 Å². The maximum absolute atomic E-state index is 12.2. The van der Waals surface area contributed by atoms with Gasteiger partial charge in [0.25, 0.3) is 0 Å². The molecule has 1 aliphatic rings. The summed E-state index contributed by atoms with van der Waals surface area (Å²) >= 11 is 0. The van der Waals surface area contributed by atoms with Gasteiger partial charge in [-0.1, -0.05) is 12.1 Å². The van der Waals surface area contributed by atoms with E-state index in [1.54, 1.807) is 14.2 Å². The van der Waals surface area contributed by atoms with Gasteiger partial charge in [-0.15, -0.1) is 0 Å². The standard InChI is InChI=1S/C19H23N3O3/c1-12-14(7-9-16(24-2)18(12)25-3)11-20-19(23)22-17-10-8-13-5-4-6-15(13)21-17/h7-10H,4-6,11H2,1-3H3,(H2,20,21,22,23). The van der Waals surface area contributed by atoms with E-state index in [1.807, 2.05) is 31.2 Å². The largest absolute Gasteiger partial charge is 0.493 e. The number of ether oxygens (including phenoxy) is 2. The molecule has 25 heavy (non-hydrogen) atoms. The van der Waals surface area contributed by atoms with E-state index in [0.29, 0.717) is 23.9 Å². The maximum Gasteiger partial charge on any atom is 0.320 e. The first-order valence-corrected chi connectivity index (χ1v) is 8.36. The number of nitrogens with one attached hydrogen (secondary N) is 2. The van der Waals surface area contributed by atoms with Gasteiger partial charge in [-0.2, -0.15) is 0 Å². The van der Waals surface area contributed by atoms with Crippen LogP contribution in [0, 0.1) is 6.92 Å². The van der Waals surface area contributed by atoms with Crippen molar-refractivity contribution in [1.29, 1.82) is 0 Å². The number of urea groups is 1. The fourth-order valence-corrected chi connectivity index (χ4v) is 3.14. The molecule has 3 rings (SSSR count). The summed E-state index contributed by atoms with van der Waals surface area (Å²) in [6.45, 7) is 2.33. The number of benzene rings is 1. The van der Waals surface area contributed by atoms with E-state index >= 15 is 0 Å². The van der Waals surface area contributed by atoms with Crippen molar-refractivity contribution < 1.29 is 14.3 Å². The molecule has 0 saturated heterocycles. The zero-order valence-electron chi connectivity index (χ0n) is 14.8. The van der Waals surface area contributed by atoms with Gasteiger partial charge in [-0.25, -0.2) is 9.78 Å². The highest BCUT2D eigenvalue weighted by Gasteiger charge is 2.14. The predicted octanol–water partition coefficient (Wildman–Crippen LogP) is 3.22. The number of aryl methyl sites for hydroxylation is 2. The lowest BCUT2D eigenvalue weighted by molar-refractivity contribution is 0.251. The summed E-state index contributed by atoms with van der Waals surface area (Å²) in [5.41, 5.74) is 4.29. The summed E-state index contributed by atoms with van der Waals surface area (Å²) in [7, 11) is 3.21. The van der Waals surface area contributed by atoms with Gasteiger partial charge in [-0.3, -0.25) is 5.32 Å². The van der Waals surface area contributed by atoms with Crippen LogP contribution in [-0.4, -0.2) is 25.2 Å². The van der Waals surface area contributed by atoms with Crippen LogP contribution < -0.4 is 20.1 Å². The molecule has 6 nitrogen and oxygen atoms in total. The Morgan fingerprint density at radius 1 is 1.16 bits per heavy atom. The number of hydrogen-bond donors (Lipinski definition) is 2. The molecule has 1 aromatic carbocycles. The molecule has 0 radical (unpaired) electrons. The molecule has 2 amide bonds. The van der Waals surface area contributed by atoms with Gasteiger partial charge < -0.3 is 14.8 Å². The van der Waals surface area contributed by atoms with Gasteiger partial charge in [0.15, 0.2) is 11.5 Å². The molecule has 1 aliphatic carbocycles. The monoisotopic (exact) mass is 341 g/mol. The fraction of sp³-hybridized carbons (Fsp3) is 0.368. The van der Waals surface area contributed by atoms with Crippen molar-refractivity contribution in [3.63, 3.8) is 0 Å². The predicted molar refractivity (Wildman–Crippen MR) is 96.4 cm³/mol. The molecule has 0 bridgehead atoms. The van der Waals surface area contributed by atoms with Crippen LogP contribution in [0.25, 0.3) is 0 Å². The highest BCUT2D eigenvalue weighted by molar-refractivity contribution is 5.88. The summed E-state index contributed by atoms with van der Waals surface area (Å²) < 4.78 is 10.7. The van der Waals surface area contributed by atoms with Gasteiger partial charge in [0.1, 0.15) is 5.82 Å². The Bertz CT molecular complexity index is 790. The Morgan fingerprint density at radius 2 is 2.00 bits per heavy atom. The molecule has 2 N–H and O–H groups in total. The molecule has 6 heteroatoms. The summed E-state index contributed by atoms with van der Waals surface area (Å²) in [4.78, 5) is 16.7. The van der Waals surface area contributed by atoms with Crippen molar-refractivity contribution >= 4 is 11.8 Å². The number of amides is 2. The van der Waals surface area contributed by atoms with Crippen molar-refractivity contribution in [3.05, 3.63) is 46.6 Å². The third-order valence-corrected chi connectivity index (χ3v) is 4.52. The van der Waals surface area contributed by atoms with Gasteiger partial charge >= 0.3 is 6.03 Å². The lowest BCUT2D eigenvalue weighted by atomic mass is 10.1. The van der Waals surface area contributed by atoms with Crippen molar-refractivity contribution in [3.8, 4) is 11.5 Å². The summed E-state index contributed by atoms with van der Waals surface area (Å²) in [5.74, 6) is 1.94. The Kier molecular flexibility index (Phi) is 5.07. The summed E-state index contributed by atoms with van der Waals surface area (Å²) in [6.07, 6.45) is 3.20. The third-order valence-electron chi connectivity index (χ3n) is 4.52. The molecule has 0 unspecified atom stereocenters. The summed E-state index contributed by atoms with van der Waals surface area (Å²) in [6, 6.07) is 7.38. The number of rotatable bonds is 5. The van der Waals surface area contributed by atoms with E-state index in [4.69, 9.17) is 9.47 Å². The van der Waals surface area contributed by atoms with Crippen molar-refractivity contribution in [2.75, 3.05) is 19.5 Å². The van der Waals surface area contributed by atoms with E-state index in [9.17, 15) is 4.79 Å². The summed E-state index contributed by atoms with van der Waals surface area (Å²) in [5, 5.41) is 5.65. The highest BCUT2D eigenvalue weighted by atomic mass is 16.5. The molecular weight excluding hydrogens is 318 g/mol. The molecule has 0 aliphatic heterocycles. The minimum atomic E-state index is -0.278. The van der Waals surface area contributed by atoms with Gasteiger partial charge in [0.05, 0.1) is 14.2 Å². The van der Waals surface area contributed by atoms with Crippen molar-refractivity contribution in [2.45, 2.75) is 32.7 Å². The van der Waals surface area contributed by atoms with E-state index in [1.165, 1.54) is 5.56 Å². The number of pyridine rings is 1. The zero-order valence-corrected chi connectivity index (χ0v) is 14.8. The van der Waals surface area contributed by atoms with Crippen LogP contribution in [0.3, 0.4) is 0 Å². The Morgan fingerprint density at radius 3 is 2.76 bits per heavy atom. The Balaban J connectivity index is 1.63. The fourth-order valence-electron chi connectivity index (χ4n) is 3.14. The van der Waals surface area contributed by atoms with E-state index in [2.05, 4.69) is 15.6 Å². The molecule has 2 aromatic rings. The molecular formula is C19H23N3O3. The number of methoxy groups -OCH3 is 2. The van der Waals surface area contributed by atoms with Gasteiger partial charge in [0.2, 0.25) is 0 Å². The van der Waals surface area contributed by atoms with Gasteiger partial charge in [0, 0.05) is 12.2 Å². The molecule has 0 saturated carbocycles. The van der Waals surface area contributed by atoms with Crippen LogP contribution in [0.15, 0.2) is 24.3 Å². The quantitative estimate of drug-likeness (QED) is 0.876. The Labute approximate surface area is 147 Å². The normalized spacial score (nSPS) is 12.4. The third kappa shape index (κ3) is 3.68. The molecule has 0 atom stereocenters. The number of fused-ring (bicyclic) bond motifs is 1. The second-order valence-electron chi connectivity index (χ2n) is 6.05. The minimum Gasteiger partial charge on any atom is -0.493 e. The first-order valence-electron chi connectivity index (χ1n) is 8.36. The average molecular weight is 341 g/mol. The van der Waals surface area contributed by atoms with Crippen LogP contribution in [0.5, 0.6) is 11.5 Å². The maximum atomic E-state index is 12.2. The minimum absolute atomic E-state index is 0.278. The number of carbonyl (C=O) groups excluding carboxylic acids is 1.